The van der Waals surface area contributed by atoms with Crippen LogP contribution in [-0.4, -0.2) is 20.1 Å². The Labute approximate surface area is 147 Å². The van der Waals surface area contributed by atoms with Crippen molar-refractivity contribution in [3.63, 3.8) is 0 Å². The molecule has 1 aliphatic rings. The number of halogens is 1. The van der Waals surface area contributed by atoms with E-state index < -0.39 is 5.41 Å². The van der Waals surface area contributed by atoms with Crippen LogP contribution in [0.15, 0.2) is 42.5 Å². The van der Waals surface area contributed by atoms with E-state index in [1.54, 1.807) is 32.4 Å². The Bertz CT molecular complexity index is 754. The average Bonchev–Trinajstić information content (AvgIpc) is 2.60. The summed E-state index contributed by atoms with van der Waals surface area (Å²) in [7, 11) is 3.19. The van der Waals surface area contributed by atoms with E-state index >= 15 is 0 Å². The first-order valence-electron chi connectivity index (χ1n) is 8.34. The van der Waals surface area contributed by atoms with E-state index in [1.807, 2.05) is 12.1 Å². The monoisotopic (exact) mass is 343 g/mol. The van der Waals surface area contributed by atoms with Gasteiger partial charge in [0.15, 0.2) is 0 Å². The molecule has 0 spiro atoms. The van der Waals surface area contributed by atoms with E-state index in [9.17, 15) is 9.18 Å². The van der Waals surface area contributed by atoms with Gasteiger partial charge in [0.25, 0.3) is 0 Å². The van der Waals surface area contributed by atoms with Crippen molar-refractivity contribution in [2.75, 3.05) is 14.2 Å². The first kappa shape index (κ1) is 17.3. The summed E-state index contributed by atoms with van der Waals surface area (Å²) in [6.45, 7) is 0.370. The van der Waals surface area contributed by atoms with E-state index in [0.29, 0.717) is 18.0 Å². The highest BCUT2D eigenvalue weighted by Crippen LogP contribution is 2.44. The van der Waals surface area contributed by atoms with Crippen molar-refractivity contribution in [3.8, 4) is 11.5 Å². The van der Waals surface area contributed by atoms with Crippen LogP contribution in [0.5, 0.6) is 11.5 Å². The molecule has 3 rings (SSSR count). The highest BCUT2D eigenvalue weighted by atomic mass is 19.1. The van der Waals surface area contributed by atoms with E-state index in [0.717, 1.165) is 30.4 Å². The van der Waals surface area contributed by atoms with Gasteiger partial charge in [0.05, 0.1) is 19.6 Å². The van der Waals surface area contributed by atoms with E-state index in [4.69, 9.17) is 9.47 Å². The predicted octanol–water partition coefficient (Wildman–Crippen LogP) is 3.58. The van der Waals surface area contributed by atoms with Gasteiger partial charge in [-0.25, -0.2) is 4.39 Å². The second-order valence-electron chi connectivity index (χ2n) is 6.30. The van der Waals surface area contributed by atoms with Crippen LogP contribution < -0.4 is 14.8 Å². The zero-order valence-corrected chi connectivity index (χ0v) is 14.5. The van der Waals surface area contributed by atoms with Crippen molar-refractivity contribution in [3.05, 3.63) is 59.4 Å². The molecule has 0 aliphatic heterocycles. The first-order chi connectivity index (χ1) is 12.1. The third kappa shape index (κ3) is 3.31. The van der Waals surface area contributed by atoms with Crippen molar-refractivity contribution in [1.29, 1.82) is 0 Å². The number of hydrogen-bond acceptors (Lipinski definition) is 3. The molecular formula is C20H22FNO3. The molecule has 2 aromatic carbocycles. The Kier molecular flexibility index (Phi) is 4.93. The molecule has 2 aromatic rings. The Morgan fingerprint density at radius 3 is 2.40 bits per heavy atom. The summed E-state index contributed by atoms with van der Waals surface area (Å²) < 4.78 is 23.7. The van der Waals surface area contributed by atoms with Crippen molar-refractivity contribution in [2.24, 2.45) is 0 Å². The van der Waals surface area contributed by atoms with Gasteiger partial charge in [0, 0.05) is 18.2 Å². The van der Waals surface area contributed by atoms with Crippen LogP contribution in [0.1, 0.15) is 30.4 Å². The summed E-state index contributed by atoms with van der Waals surface area (Å²) in [5, 5.41) is 3.01. The third-order valence-corrected chi connectivity index (χ3v) is 4.97. The molecule has 0 atom stereocenters. The smallest absolute Gasteiger partial charge is 0.230 e. The summed E-state index contributed by atoms with van der Waals surface area (Å²) in [5.74, 6) is 1.06. The first-order valence-corrected chi connectivity index (χ1v) is 8.34. The number of ether oxygens (including phenoxy) is 2. The summed E-state index contributed by atoms with van der Waals surface area (Å²) in [5.41, 5.74) is 1.21. The molecule has 0 saturated heterocycles. The van der Waals surface area contributed by atoms with Crippen LogP contribution in [0.4, 0.5) is 4.39 Å². The van der Waals surface area contributed by atoms with E-state index in [2.05, 4.69) is 5.32 Å². The normalized spacial score (nSPS) is 15.2. The predicted molar refractivity (Wildman–Crippen MR) is 93.3 cm³/mol. The van der Waals surface area contributed by atoms with Crippen LogP contribution in [0.3, 0.4) is 0 Å². The highest BCUT2D eigenvalue weighted by molar-refractivity contribution is 5.89. The quantitative estimate of drug-likeness (QED) is 0.872. The summed E-state index contributed by atoms with van der Waals surface area (Å²) >= 11 is 0. The minimum Gasteiger partial charge on any atom is -0.497 e. The van der Waals surface area contributed by atoms with Crippen LogP contribution in [0.2, 0.25) is 0 Å². The number of hydrogen-bond donors (Lipinski definition) is 1. The Balaban J connectivity index is 1.74. The average molecular weight is 343 g/mol. The van der Waals surface area contributed by atoms with Crippen molar-refractivity contribution < 1.29 is 18.7 Å². The SMILES string of the molecule is COc1ccc(CNC(=O)C2(c3ccc(F)cc3)CCC2)c(OC)c1. The molecule has 4 nitrogen and oxygen atoms in total. The Hall–Kier alpha value is -2.56. The zero-order valence-electron chi connectivity index (χ0n) is 14.5. The second-order valence-corrected chi connectivity index (χ2v) is 6.30. The fraction of sp³-hybridized carbons (Fsp3) is 0.350. The summed E-state index contributed by atoms with van der Waals surface area (Å²) in [6, 6.07) is 11.8. The fourth-order valence-corrected chi connectivity index (χ4v) is 3.29. The molecular weight excluding hydrogens is 321 g/mol. The number of nitrogens with one attached hydrogen (secondary N) is 1. The molecule has 0 radical (unpaired) electrons. The van der Waals surface area contributed by atoms with Gasteiger partial charge in [-0.05, 0) is 42.7 Å². The number of carbonyl (C=O) groups is 1. The Morgan fingerprint density at radius 1 is 1.12 bits per heavy atom. The molecule has 1 aliphatic carbocycles. The molecule has 1 saturated carbocycles. The molecule has 0 aromatic heterocycles. The maximum Gasteiger partial charge on any atom is 0.230 e. The van der Waals surface area contributed by atoms with Crippen molar-refractivity contribution >= 4 is 5.91 Å². The summed E-state index contributed by atoms with van der Waals surface area (Å²) in [4.78, 5) is 12.9. The van der Waals surface area contributed by atoms with E-state index in [1.165, 1.54) is 12.1 Å². The lowest BCUT2D eigenvalue weighted by atomic mass is 9.64. The fourth-order valence-electron chi connectivity index (χ4n) is 3.29. The lowest BCUT2D eigenvalue weighted by Gasteiger charge is -2.40. The molecule has 0 bridgehead atoms. The standard InChI is InChI=1S/C20H22FNO3/c1-24-17-9-4-14(18(12-17)25-2)13-22-19(23)20(10-3-11-20)15-5-7-16(21)8-6-15/h4-9,12H,3,10-11,13H2,1-2H3,(H,22,23). The maximum absolute atomic E-state index is 13.2. The van der Waals surface area contributed by atoms with Gasteiger partial charge in [-0.3, -0.25) is 4.79 Å². The number of amides is 1. The van der Waals surface area contributed by atoms with Crippen LogP contribution >= 0.6 is 0 Å². The molecule has 5 heteroatoms. The second kappa shape index (κ2) is 7.13. The number of benzene rings is 2. The Morgan fingerprint density at radius 2 is 1.84 bits per heavy atom. The van der Waals surface area contributed by atoms with Gasteiger partial charge in [0.1, 0.15) is 17.3 Å². The number of carbonyl (C=O) groups excluding carboxylic acids is 1. The van der Waals surface area contributed by atoms with Crippen LogP contribution in [0.25, 0.3) is 0 Å². The number of rotatable bonds is 6. The van der Waals surface area contributed by atoms with Gasteiger partial charge in [-0.15, -0.1) is 0 Å². The van der Waals surface area contributed by atoms with Gasteiger partial charge in [0.2, 0.25) is 5.91 Å². The minimum atomic E-state index is -0.548. The zero-order chi connectivity index (χ0) is 17.9. The highest BCUT2D eigenvalue weighted by Gasteiger charge is 2.45. The van der Waals surface area contributed by atoms with Crippen molar-refractivity contribution in [2.45, 2.75) is 31.2 Å². The molecule has 0 heterocycles. The molecule has 1 fully saturated rings. The molecule has 1 amide bonds. The van der Waals surface area contributed by atoms with Gasteiger partial charge >= 0.3 is 0 Å². The molecule has 25 heavy (non-hydrogen) atoms. The lowest BCUT2D eigenvalue weighted by molar-refractivity contribution is -0.130. The van der Waals surface area contributed by atoms with Gasteiger partial charge in [-0.2, -0.15) is 0 Å². The van der Waals surface area contributed by atoms with Crippen LogP contribution in [0, 0.1) is 5.82 Å². The third-order valence-electron chi connectivity index (χ3n) is 4.97. The van der Waals surface area contributed by atoms with Crippen LogP contribution in [-0.2, 0) is 16.8 Å². The number of methoxy groups -OCH3 is 2. The molecule has 132 valence electrons. The van der Waals surface area contributed by atoms with Crippen molar-refractivity contribution in [1.82, 2.24) is 5.32 Å². The van der Waals surface area contributed by atoms with Gasteiger partial charge in [-0.1, -0.05) is 18.6 Å². The minimum absolute atomic E-state index is 0.0248. The largest absolute Gasteiger partial charge is 0.497 e. The lowest BCUT2D eigenvalue weighted by Crippen LogP contribution is -2.49. The van der Waals surface area contributed by atoms with Gasteiger partial charge < -0.3 is 14.8 Å². The summed E-state index contributed by atoms with van der Waals surface area (Å²) in [6.07, 6.45) is 2.56. The maximum atomic E-state index is 13.2. The van der Waals surface area contributed by atoms with E-state index in [-0.39, 0.29) is 11.7 Å². The molecule has 0 unspecified atom stereocenters. The topological polar surface area (TPSA) is 47.6 Å². The molecule has 1 N–H and O–H groups in total.